The van der Waals surface area contributed by atoms with Crippen LogP contribution in [0.1, 0.15) is 210 Å². The number of halogens is 4. The Bertz CT molecular complexity index is 6510. The quantitative estimate of drug-likeness (QED) is 0.0735. The second kappa shape index (κ2) is 39.2. The van der Waals surface area contributed by atoms with Crippen LogP contribution in [0.3, 0.4) is 0 Å². The molecule has 18 rings (SSSR count). The van der Waals surface area contributed by atoms with Crippen molar-refractivity contribution in [3.8, 4) is 45.0 Å². The number of aromatic nitrogens is 12. The Kier molecular flexibility index (Phi) is 28.0. The number of nitrogens with two attached hydrogens (primary N) is 2. The van der Waals surface area contributed by atoms with Gasteiger partial charge >= 0.3 is 0 Å². The highest BCUT2D eigenvalue weighted by Crippen LogP contribution is 2.37. The lowest BCUT2D eigenvalue weighted by molar-refractivity contribution is -0.164. The van der Waals surface area contributed by atoms with Crippen LogP contribution in [0.4, 0.5) is 17.6 Å². The first-order chi connectivity index (χ1) is 64.4. The largest absolute Gasteiger partial charge is 0.381 e. The summed E-state index contributed by atoms with van der Waals surface area (Å²) in [4.78, 5) is 136. The van der Waals surface area contributed by atoms with Crippen molar-refractivity contribution in [1.29, 1.82) is 0 Å². The summed E-state index contributed by atoms with van der Waals surface area (Å²) in [6.45, 7) is 30.7. The van der Waals surface area contributed by atoms with Crippen LogP contribution in [-0.4, -0.2) is 280 Å². The van der Waals surface area contributed by atoms with Gasteiger partial charge in [0, 0.05) is 136 Å². The van der Waals surface area contributed by atoms with Gasteiger partial charge in [-0.2, -0.15) is 20.4 Å². The van der Waals surface area contributed by atoms with Gasteiger partial charge in [-0.15, -0.1) is 0 Å². The first kappa shape index (κ1) is 97.2. The van der Waals surface area contributed by atoms with Gasteiger partial charge in [0.2, 0.25) is 11.8 Å². The molecule has 0 bridgehead atoms. The third-order valence-corrected chi connectivity index (χ3v) is 26.3. The van der Waals surface area contributed by atoms with Gasteiger partial charge < -0.3 is 60.9 Å². The van der Waals surface area contributed by atoms with Crippen LogP contribution in [0.5, 0.6) is 0 Å². The number of rotatable bonds is 14. The molecule has 36 heteroatoms. The first-order valence-corrected chi connectivity index (χ1v) is 46.4. The second-order valence-electron chi connectivity index (χ2n) is 38.6. The van der Waals surface area contributed by atoms with Crippen molar-refractivity contribution >= 4 is 69.8 Å². The lowest BCUT2D eigenvalue weighted by Crippen LogP contribution is -2.63. The number of nitrogens with zero attached hydrogens (tertiary/aromatic N) is 20. The van der Waals surface area contributed by atoms with Gasteiger partial charge in [0.25, 0.3) is 35.4 Å². The molecule has 4 aromatic carbocycles. The van der Waals surface area contributed by atoms with Crippen LogP contribution >= 0.6 is 0 Å². The molecule has 0 unspecified atom stereocenters. The fraction of sp³-hybridized carbons (Fsp3) is 0.440. The van der Waals surface area contributed by atoms with E-state index in [1.807, 2.05) is 70.7 Å². The third kappa shape index (κ3) is 20.7. The van der Waals surface area contributed by atoms with Crippen LogP contribution in [0, 0.1) is 37.1 Å². The summed E-state index contributed by atoms with van der Waals surface area (Å²) in [6, 6.07) is 31.4. The highest BCUT2D eigenvalue weighted by Gasteiger charge is 2.48. The zero-order valence-corrected chi connectivity index (χ0v) is 79.2. The van der Waals surface area contributed by atoms with Crippen molar-refractivity contribution in [1.82, 2.24) is 97.6 Å². The van der Waals surface area contributed by atoms with Crippen LogP contribution in [-0.2, 0) is 19.2 Å². The minimum absolute atomic E-state index is 0.0126. The first-order valence-electron chi connectivity index (χ1n) is 46.4. The summed E-state index contributed by atoms with van der Waals surface area (Å²) in [6.07, 6.45) is 12.9. The Morgan fingerprint density at radius 2 is 0.669 bits per heavy atom. The average molecular weight is 1860 g/mol. The number of carbonyl (C=O) groups excluding carboxylic acids is 8. The lowest BCUT2D eigenvalue weighted by Gasteiger charge is -2.45. The maximum absolute atomic E-state index is 13.5. The van der Waals surface area contributed by atoms with Crippen molar-refractivity contribution in [3.63, 3.8) is 0 Å². The number of hydrogen-bond donors (Lipinski definition) is 4. The number of carbonyl (C=O) groups is 8. The average Bonchev–Trinajstić information content (AvgIpc) is 1.65. The zero-order chi connectivity index (χ0) is 97.6. The molecule has 2 saturated carbocycles. The van der Waals surface area contributed by atoms with E-state index in [4.69, 9.17) is 11.5 Å². The van der Waals surface area contributed by atoms with Crippen molar-refractivity contribution in [2.24, 2.45) is 11.5 Å². The fourth-order valence-electron chi connectivity index (χ4n) is 18.4. The van der Waals surface area contributed by atoms with E-state index in [2.05, 4.69) is 68.0 Å². The molecule has 0 spiro atoms. The molecule has 6 aliphatic rings. The number of amides is 8. The van der Waals surface area contributed by atoms with Gasteiger partial charge in [0.1, 0.15) is 57.2 Å². The molecule has 12 heterocycles. The Morgan fingerprint density at radius 3 is 0.949 bits per heavy atom. The van der Waals surface area contributed by atoms with Gasteiger partial charge in [-0.25, -0.2) is 55.6 Å². The molecule has 8 aromatic heterocycles. The summed E-state index contributed by atoms with van der Waals surface area (Å²) in [5, 5.41) is 38.8. The number of fused-ring (bicyclic) bond motifs is 4. The maximum atomic E-state index is 13.5. The van der Waals surface area contributed by atoms with E-state index in [-0.39, 0.29) is 118 Å². The Morgan fingerprint density at radius 1 is 0.390 bits per heavy atom. The molecule has 32 nitrogen and oxygen atoms in total. The van der Waals surface area contributed by atoms with Gasteiger partial charge in [0.15, 0.2) is 22.6 Å². The van der Waals surface area contributed by atoms with Crippen molar-refractivity contribution in [3.05, 3.63) is 214 Å². The summed E-state index contributed by atoms with van der Waals surface area (Å²) in [5.74, 6) is -2.48. The number of piperazine rings is 4. The fourth-order valence-corrected chi connectivity index (χ4v) is 18.4. The Labute approximate surface area is 785 Å². The molecule has 136 heavy (non-hydrogen) atoms. The second-order valence-corrected chi connectivity index (χ2v) is 38.6. The summed E-state index contributed by atoms with van der Waals surface area (Å²) in [7, 11) is 0. The molecule has 8 amide bonds. The van der Waals surface area contributed by atoms with E-state index in [0.29, 0.717) is 148 Å². The number of aliphatic hydroxyl groups is 2. The molecule has 12 aromatic rings. The third-order valence-electron chi connectivity index (χ3n) is 26.3. The van der Waals surface area contributed by atoms with E-state index < -0.39 is 22.3 Å². The van der Waals surface area contributed by atoms with Crippen molar-refractivity contribution in [2.45, 2.75) is 207 Å². The molecule has 4 saturated heterocycles. The summed E-state index contributed by atoms with van der Waals surface area (Å²) < 4.78 is 59.7. The van der Waals surface area contributed by atoms with Crippen LogP contribution in [0.15, 0.2) is 146 Å². The number of aryl methyl sites for hydroxylation is 2. The monoisotopic (exact) mass is 1860 g/mol. The molecule has 0 radical (unpaired) electrons. The van der Waals surface area contributed by atoms with Gasteiger partial charge in [-0.3, -0.25) is 38.4 Å². The van der Waals surface area contributed by atoms with Gasteiger partial charge in [0.05, 0.1) is 58.6 Å². The normalized spacial score (nSPS) is 18.6. The summed E-state index contributed by atoms with van der Waals surface area (Å²) >= 11 is 0. The van der Waals surface area contributed by atoms with Gasteiger partial charge in [-0.1, -0.05) is 47.0 Å². The SMILES string of the molecule is CC(C)c1cc(-c2ccc(F)cc2)nn2cc(C(=O)N3CCN(C(=O)C(C)(C)N)[C@@H](C)C3)nc12.CC(C)c1cc(-c2ccc(F)cc2)nn2cc(C(=O)N3CCN(C(=O)C4(N)CCCCC4)[C@@H](C)C3)nc12.Cc1cc(-c2ccc(F)cc2)nn2cc(C(=O)N3CCN(C(=O)C(C)(C)O)[C@@H](C)C3)nc12.Cc1cc(-c2ccc(F)cc2)nn2cc(C(=O)N3CCN(C(=O)C4(O)CCC4)[C@@H](C)C3)nc12. The van der Waals surface area contributed by atoms with E-state index in [1.165, 1.54) is 62.4 Å². The van der Waals surface area contributed by atoms with E-state index in [1.54, 1.807) is 140 Å². The van der Waals surface area contributed by atoms with E-state index >= 15 is 0 Å². The number of benzene rings is 4. The Hall–Kier alpha value is -13.3. The minimum Gasteiger partial charge on any atom is -0.381 e. The molecule has 4 aliphatic heterocycles. The molecule has 716 valence electrons. The highest BCUT2D eigenvalue weighted by atomic mass is 19.1. The minimum atomic E-state index is -1.45. The number of hydrogen-bond acceptors (Lipinski definition) is 20. The molecule has 4 atom stereocenters. The van der Waals surface area contributed by atoms with Crippen LogP contribution in [0.25, 0.3) is 67.6 Å². The molecular weight excluding hydrogens is 1750 g/mol. The lowest BCUT2D eigenvalue weighted by atomic mass is 9.79. The zero-order valence-electron chi connectivity index (χ0n) is 79.2. The topological polar surface area (TPSA) is 376 Å². The maximum Gasteiger partial charge on any atom is 0.274 e. The Balaban J connectivity index is 0.000000138. The molecule has 2 aliphatic carbocycles. The van der Waals surface area contributed by atoms with Crippen molar-refractivity contribution < 1.29 is 66.1 Å². The highest BCUT2D eigenvalue weighted by molar-refractivity contribution is 5.97. The van der Waals surface area contributed by atoms with E-state index in [0.717, 1.165) is 83.0 Å². The molecule has 6 N–H and O–H groups in total. The van der Waals surface area contributed by atoms with E-state index in [9.17, 15) is 66.1 Å². The number of imidazole rings is 4. The molecule has 6 fully saturated rings. The standard InChI is InChI=1S/C28H35FN6O2.C25H31FN6O2.C24H26FN5O3.C23H26FN5O3/c1-18(2)22-15-23(20-7-9-21(29)10-8-20)32-35-17-24(31-25(22)35)26(36)33-13-14-34(19(3)16-33)27(37)28(30)11-5-4-6-12-28;1-15(2)19-12-20(17-6-8-18(26)9-7-17)29-32-14-21(28-22(19)32)23(33)30-10-11-31(16(3)13-30)24(34)25(4,5)27;1-15-12-19(17-4-6-18(25)7-5-17)27-30-14-20(26-21(15)30)22(31)28-10-11-29(16(2)13-28)23(32)24(33)8-3-9-24;1-14-11-18(16-5-7-17(24)8-6-16)26-29-13-19(25-20(14)29)21(30)27-9-10-28(15(2)12-27)22(31)23(3,4)32/h7-10,15,17-19H,4-6,11-14,16,30H2,1-3H3;6-9,12,14-16H,10-11,13,27H2,1-5H3;4-7,12,14,16,33H,3,8-11,13H2,1-2H3;5-8,11,13,15,32H,9-10,12H2,1-4H3/t19-;2*16-;15-/m0000/s1. The predicted octanol–water partition coefficient (Wildman–Crippen LogP) is 11.8. The van der Waals surface area contributed by atoms with Crippen LogP contribution in [0.2, 0.25) is 0 Å². The summed E-state index contributed by atoms with van der Waals surface area (Å²) in [5.41, 5.74) is 21.0. The van der Waals surface area contributed by atoms with Crippen LogP contribution < -0.4 is 11.5 Å². The van der Waals surface area contributed by atoms with Gasteiger partial charge in [-0.05, 0) is 246 Å². The smallest absolute Gasteiger partial charge is 0.274 e. The molecular formula is C100H118F4N22O10. The predicted molar refractivity (Wildman–Crippen MR) is 503 cm³/mol. The van der Waals surface area contributed by atoms with Crippen molar-refractivity contribution in [2.75, 3.05) is 78.5 Å².